The number of hydrogen-bond donors (Lipinski definition) is 2. The van der Waals surface area contributed by atoms with Crippen LogP contribution in [0.5, 0.6) is 11.5 Å². The first kappa shape index (κ1) is 20.3. The van der Waals surface area contributed by atoms with E-state index in [-0.39, 0.29) is 21.3 Å². The second-order valence-electron chi connectivity index (χ2n) is 5.93. The molecule has 30 heavy (non-hydrogen) atoms. The molecule has 2 N–H and O–H groups in total. The van der Waals surface area contributed by atoms with Crippen LogP contribution in [0.3, 0.4) is 0 Å². The van der Waals surface area contributed by atoms with Crippen LogP contribution in [-0.4, -0.2) is 23.6 Å². The number of nitrogens with one attached hydrogen (secondary N) is 2. The van der Waals surface area contributed by atoms with Gasteiger partial charge in [0.2, 0.25) is 0 Å². The number of aromatic amines is 1. The van der Waals surface area contributed by atoms with Gasteiger partial charge in [-0.25, -0.2) is 13.4 Å². The summed E-state index contributed by atoms with van der Waals surface area (Å²) in [5, 5.41) is 18.3. The molecule has 2 heterocycles. The maximum atomic E-state index is 12.6. The highest BCUT2D eigenvalue weighted by Crippen LogP contribution is 2.35. The van der Waals surface area contributed by atoms with E-state index < -0.39 is 10.0 Å². The fourth-order valence-corrected chi connectivity index (χ4v) is 4.93. The largest absolute Gasteiger partial charge is 0.455 e. The lowest BCUT2D eigenvalue weighted by Crippen LogP contribution is -2.13. The molecule has 0 fully saturated rings. The lowest BCUT2D eigenvalue weighted by Gasteiger charge is -2.13. The number of hydrogen-bond acceptors (Lipinski definition) is 7. The third-order valence-corrected chi connectivity index (χ3v) is 6.81. The molecule has 0 aliphatic rings. The fraction of sp³-hybridized carbons (Fsp3) is 0. The van der Waals surface area contributed by atoms with Crippen molar-refractivity contribution < 1.29 is 13.2 Å². The molecule has 0 amide bonds. The predicted octanol–water partition coefficient (Wildman–Crippen LogP) is 4.60. The van der Waals surface area contributed by atoms with Gasteiger partial charge in [0.15, 0.2) is 5.13 Å². The number of nitrogens with zero attached hydrogens (tertiary/aromatic N) is 3. The molecule has 4 rings (SSSR count). The average molecular weight is 549 g/mol. The van der Waals surface area contributed by atoms with E-state index in [1.54, 1.807) is 17.6 Å². The third-order valence-electron chi connectivity index (χ3n) is 3.99. The molecule has 0 aliphatic heterocycles. The van der Waals surface area contributed by atoms with Crippen LogP contribution in [0.25, 0.3) is 11.3 Å². The Labute approximate surface area is 189 Å². The van der Waals surface area contributed by atoms with Gasteiger partial charge in [-0.1, -0.05) is 0 Å². The van der Waals surface area contributed by atoms with Crippen molar-refractivity contribution in [2.24, 2.45) is 0 Å². The predicted molar refractivity (Wildman–Crippen MR) is 121 cm³/mol. The molecule has 8 nitrogen and oxygen atoms in total. The zero-order valence-electron chi connectivity index (χ0n) is 15.0. The van der Waals surface area contributed by atoms with Crippen molar-refractivity contribution in [3.63, 3.8) is 0 Å². The van der Waals surface area contributed by atoms with Crippen molar-refractivity contribution in [2.75, 3.05) is 4.72 Å². The van der Waals surface area contributed by atoms with Crippen LogP contribution in [0.15, 0.2) is 65.1 Å². The molecule has 0 bridgehead atoms. The van der Waals surface area contributed by atoms with E-state index in [1.165, 1.54) is 24.4 Å². The van der Waals surface area contributed by atoms with Gasteiger partial charge in [0.1, 0.15) is 17.6 Å². The maximum Gasteiger partial charge on any atom is 0.263 e. The van der Waals surface area contributed by atoms with E-state index >= 15 is 0 Å². The SMILES string of the molecule is N#Cc1cc(S(=O)(=O)Nc2nccs2)ccc1Oc1ccc(I)cc1-c1ccn[nH]1. The number of H-pyrrole nitrogens is 1. The Kier molecular flexibility index (Phi) is 5.71. The number of sulfonamides is 1. The Hall–Kier alpha value is -2.95. The molecule has 11 heteroatoms. The first-order valence-corrected chi connectivity index (χ1v) is 11.8. The second-order valence-corrected chi connectivity index (χ2v) is 9.75. The second kappa shape index (κ2) is 8.42. The Morgan fingerprint density at radius 1 is 1.13 bits per heavy atom. The Bertz CT molecular complexity index is 1330. The number of halogens is 1. The first-order valence-electron chi connectivity index (χ1n) is 8.40. The topological polar surface area (TPSA) is 121 Å². The molecular formula is C19H12IN5O3S2. The molecular weight excluding hydrogens is 537 g/mol. The summed E-state index contributed by atoms with van der Waals surface area (Å²) in [6, 6.07) is 13.5. The van der Waals surface area contributed by atoms with Gasteiger partial charge >= 0.3 is 0 Å². The van der Waals surface area contributed by atoms with Crippen LogP contribution in [0.4, 0.5) is 5.13 Å². The quantitative estimate of drug-likeness (QED) is 0.339. The van der Waals surface area contributed by atoms with E-state index in [9.17, 15) is 13.7 Å². The molecule has 0 saturated carbocycles. The number of aromatic nitrogens is 3. The number of anilines is 1. The van der Waals surface area contributed by atoms with Gasteiger partial charge < -0.3 is 4.74 Å². The summed E-state index contributed by atoms with van der Waals surface area (Å²) in [5.41, 5.74) is 1.62. The Morgan fingerprint density at radius 3 is 2.67 bits per heavy atom. The van der Waals surface area contributed by atoms with E-state index in [2.05, 4.69) is 42.5 Å². The lowest BCUT2D eigenvalue weighted by atomic mass is 10.1. The summed E-state index contributed by atoms with van der Waals surface area (Å²) in [5.74, 6) is 0.750. The highest BCUT2D eigenvalue weighted by Gasteiger charge is 2.19. The molecule has 0 unspecified atom stereocenters. The van der Waals surface area contributed by atoms with Gasteiger partial charge in [0, 0.05) is 26.9 Å². The summed E-state index contributed by atoms with van der Waals surface area (Å²) in [6.07, 6.45) is 3.13. The summed E-state index contributed by atoms with van der Waals surface area (Å²) >= 11 is 3.35. The number of rotatable bonds is 6. The molecule has 0 saturated heterocycles. The zero-order valence-corrected chi connectivity index (χ0v) is 18.8. The van der Waals surface area contributed by atoms with Gasteiger partial charge in [-0.15, -0.1) is 11.3 Å². The van der Waals surface area contributed by atoms with Crippen molar-refractivity contribution in [1.29, 1.82) is 5.26 Å². The summed E-state index contributed by atoms with van der Waals surface area (Å²) in [7, 11) is -3.88. The molecule has 2 aromatic heterocycles. The minimum atomic E-state index is -3.88. The summed E-state index contributed by atoms with van der Waals surface area (Å²) < 4.78 is 34.5. The molecule has 0 radical (unpaired) electrons. The Balaban J connectivity index is 1.68. The first-order chi connectivity index (χ1) is 14.5. The normalized spacial score (nSPS) is 11.1. The highest BCUT2D eigenvalue weighted by molar-refractivity contribution is 14.1. The van der Waals surface area contributed by atoms with Crippen molar-refractivity contribution >= 4 is 49.1 Å². The highest BCUT2D eigenvalue weighted by atomic mass is 127. The van der Waals surface area contributed by atoms with E-state index in [0.29, 0.717) is 5.75 Å². The van der Waals surface area contributed by atoms with E-state index in [4.69, 9.17) is 4.74 Å². The van der Waals surface area contributed by atoms with E-state index in [1.807, 2.05) is 24.3 Å². The van der Waals surface area contributed by atoms with Crippen LogP contribution in [0.2, 0.25) is 0 Å². The number of ether oxygens (including phenoxy) is 1. The molecule has 2 aromatic carbocycles. The van der Waals surface area contributed by atoms with Gasteiger partial charge in [-0.2, -0.15) is 10.4 Å². The van der Waals surface area contributed by atoms with Gasteiger partial charge in [-0.05, 0) is 65.1 Å². The van der Waals surface area contributed by atoms with Crippen molar-refractivity contribution in [2.45, 2.75) is 4.90 Å². The maximum absolute atomic E-state index is 12.6. The summed E-state index contributed by atoms with van der Waals surface area (Å²) in [4.78, 5) is 3.86. The molecule has 0 aliphatic carbocycles. The van der Waals surface area contributed by atoms with Crippen LogP contribution in [-0.2, 0) is 10.0 Å². The molecule has 4 aromatic rings. The molecule has 150 valence electrons. The average Bonchev–Trinajstić information content (AvgIpc) is 3.43. The number of thiazole rings is 1. The van der Waals surface area contributed by atoms with Gasteiger partial charge in [0.05, 0.1) is 16.2 Å². The van der Waals surface area contributed by atoms with Crippen molar-refractivity contribution in [1.82, 2.24) is 15.2 Å². The van der Waals surface area contributed by atoms with Crippen LogP contribution in [0.1, 0.15) is 5.56 Å². The van der Waals surface area contributed by atoms with Crippen LogP contribution >= 0.6 is 33.9 Å². The van der Waals surface area contributed by atoms with E-state index in [0.717, 1.165) is 26.2 Å². The minimum Gasteiger partial charge on any atom is -0.455 e. The van der Waals surface area contributed by atoms with Crippen molar-refractivity contribution in [3.05, 3.63) is 69.4 Å². The summed E-state index contributed by atoms with van der Waals surface area (Å²) in [6.45, 7) is 0. The molecule has 0 atom stereocenters. The van der Waals surface area contributed by atoms with Crippen LogP contribution < -0.4 is 9.46 Å². The zero-order chi connectivity index (χ0) is 21.1. The Morgan fingerprint density at radius 2 is 1.97 bits per heavy atom. The van der Waals surface area contributed by atoms with Gasteiger partial charge in [0.25, 0.3) is 10.0 Å². The van der Waals surface area contributed by atoms with Gasteiger partial charge in [-0.3, -0.25) is 9.82 Å². The monoisotopic (exact) mass is 549 g/mol. The molecule has 0 spiro atoms. The smallest absolute Gasteiger partial charge is 0.263 e. The number of nitriles is 1. The standard InChI is InChI=1S/C19H12IN5O3S2/c20-13-1-3-18(15(10-13)16-5-6-23-24-16)28-17-4-2-14(9-12(17)11-21)30(26,27)25-19-22-7-8-29-19/h1-10H,(H,22,25)(H,23,24). The fourth-order valence-electron chi connectivity index (χ4n) is 2.63. The van der Waals surface area contributed by atoms with Crippen molar-refractivity contribution in [3.8, 4) is 28.8 Å². The third kappa shape index (κ3) is 4.30. The van der Waals surface area contributed by atoms with Crippen LogP contribution in [0, 0.1) is 14.9 Å². The number of benzene rings is 2. The minimum absolute atomic E-state index is 0.0574. The lowest BCUT2D eigenvalue weighted by molar-refractivity contribution is 0.482.